The van der Waals surface area contributed by atoms with Crippen LogP contribution in [-0.2, 0) is 4.79 Å². The molecule has 0 fully saturated rings. The Morgan fingerprint density at radius 3 is 2.66 bits per heavy atom. The van der Waals surface area contributed by atoms with Crippen molar-refractivity contribution in [3.8, 4) is 23.0 Å². The first kappa shape index (κ1) is 21.0. The third-order valence-electron chi connectivity index (χ3n) is 6.07. The van der Waals surface area contributed by atoms with E-state index in [0.717, 1.165) is 0 Å². The summed E-state index contributed by atoms with van der Waals surface area (Å²) in [6.07, 6.45) is -1.13. The van der Waals surface area contributed by atoms with Gasteiger partial charge in [0.15, 0.2) is 17.6 Å². The lowest BCUT2D eigenvalue weighted by Gasteiger charge is -2.20. The number of halogens is 1. The topological polar surface area (TPSA) is 96.2 Å². The third-order valence-corrected chi connectivity index (χ3v) is 6.07. The molecular formula is C26H18FNO7. The van der Waals surface area contributed by atoms with E-state index in [0.29, 0.717) is 39.5 Å². The highest BCUT2D eigenvalue weighted by Gasteiger charge is 2.45. The highest BCUT2D eigenvalue weighted by atomic mass is 19.1. The number of carbonyl (C=O) groups excluding carboxylic acids is 1. The van der Waals surface area contributed by atoms with Gasteiger partial charge in [0.2, 0.25) is 12.5 Å². The third kappa shape index (κ3) is 3.43. The van der Waals surface area contributed by atoms with Gasteiger partial charge >= 0.3 is 5.63 Å². The summed E-state index contributed by atoms with van der Waals surface area (Å²) in [6, 6.07) is 15.7. The predicted octanol–water partition coefficient (Wildman–Crippen LogP) is 4.20. The molecule has 9 heteroatoms. The summed E-state index contributed by atoms with van der Waals surface area (Å²) in [5.41, 5.74) is 0.876. The van der Waals surface area contributed by atoms with Crippen molar-refractivity contribution in [3.63, 3.8) is 0 Å². The maximum Gasteiger partial charge on any atom is 0.344 e. The first-order valence-electron chi connectivity index (χ1n) is 10.8. The lowest BCUT2D eigenvalue weighted by Crippen LogP contribution is -2.35. The standard InChI is InChI=1S/C26H18FNO7/c1-31-18-10-13(11-19-23(18)33-12-32-19)20-21-22(16-4-2-3-5-17(16)34-26(21)30)35-24(20)25(29)28-15-8-6-14(27)7-9-15/h2-11,20,24H,12H2,1H3,(H,28,29). The molecule has 0 spiro atoms. The van der Waals surface area contributed by atoms with E-state index < -0.39 is 29.4 Å². The van der Waals surface area contributed by atoms with Crippen LogP contribution in [0.25, 0.3) is 11.0 Å². The van der Waals surface area contributed by atoms with E-state index in [4.69, 9.17) is 23.4 Å². The number of hydrogen-bond donors (Lipinski definition) is 1. The molecular weight excluding hydrogens is 457 g/mol. The first-order valence-corrected chi connectivity index (χ1v) is 10.8. The molecule has 2 aliphatic rings. The summed E-state index contributed by atoms with van der Waals surface area (Å²) in [5.74, 6) is -0.248. The van der Waals surface area contributed by atoms with Crippen molar-refractivity contribution in [3.05, 3.63) is 88.0 Å². The quantitative estimate of drug-likeness (QED) is 0.442. The normalized spacial score (nSPS) is 17.7. The van der Waals surface area contributed by atoms with Gasteiger partial charge < -0.3 is 28.7 Å². The van der Waals surface area contributed by atoms with Crippen LogP contribution in [0.1, 0.15) is 17.0 Å². The Kier molecular flexibility index (Phi) is 4.84. The van der Waals surface area contributed by atoms with Crippen LogP contribution in [-0.4, -0.2) is 25.9 Å². The van der Waals surface area contributed by atoms with Crippen molar-refractivity contribution in [2.75, 3.05) is 19.2 Å². The minimum absolute atomic E-state index is 0.0220. The summed E-state index contributed by atoms with van der Waals surface area (Å²) >= 11 is 0. The summed E-state index contributed by atoms with van der Waals surface area (Å²) in [4.78, 5) is 26.6. The molecule has 3 heterocycles. The number of amides is 1. The van der Waals surface area contributed by atoms with Crippen LogP contribution in [0.15, 0.2) is 69.9 Å². The van der Waals surface area contributed by atoms with E-state index in [1.807, 2.05) is 0 Å². The zero-order valence-electron chi connectivity index (χ0n) is 18.4. The fraction of sp³-hybridized carbons (Fsp3) is 0.154. The maximum atomic E-state index is 13.4. The van der Waals surface area contributed by atoms with Gasteiger partial charge in [-0.25, -0.2) is 9.18 Å². The molecule has 2 atom stereocenters. The highest BCUT2D eigenvalue weighted by Crippen LogP contribution is 2.49. The van der Waals surface area contributed by atoms with Crippen LogP contribution >= 0.6 is 0 Å². The van der Waals surface area contributed by atoms with Crippen LogP contribution in [0, 0.1) is 5.82 Å². The Morgan fingerprint density at radius 2 is 1.86 bits per heavy atom. The van der Waals surface area contributed by atoms with Crippen LogP contribution in [0.2, 0.25) is 0 Å². The average molecular weight is 475 g/mol. The molecule has 3 aromatic carbocycles. The number of anilines is 1. The molecule has 4 aromatic rings. The molecule has 2 aliphatic heterocycles. The lowest BCUT2D eigenvalue weighted by atomic mass is 9.87. The molecule has 8 nitrogen and oxygen atoms in total. The second-order valence-electron chi connectivity index (χ2n) is 8.10. The van der Waals surface area contributed by atoms with E-state index in [2.05, 4.69) is 5.32 Å². The maximum absolute atomic E-state index is 13.4. The first-order chi connectivity index (χ1) is 17.0. The second kappa shape index (κ2) is 8.05. The van der Waals surface area contributed by atoms with E-state index >= 15 is 0 Å². The molecule has 1 aromatic heterocycles. The Morgan fingerprint density at radius 1 is 1.06 bits per heavy atom. The SMILES string of the molecule is COc1cc(C2c3c(c4ccccc4oc3=O)OC2C(=O)Nc2ccc(F)cc2)cc2c1OCO2. The summed E-state index contributed by atoms with van der Waals surface area (Å²) in [7, 11) is 1.49. The molecule has 6 rings (SSSR count). The van der Waals surface area contributed by atoms with Crippen LogP contribution in [0.3, 0.4) is 0 Å². The van der Waals surface area contributed by atoms with Gasteiger partial charge in [0.25, 0.3) is 5.91 Å². The highest BCUT2D eigenvalue weighted by molar-refractivity contribution is 5.97. The molecule has 1 amide bonds. The largest absolute Gasteiger partial charge is 0.493 e. The van der Waals surface area contributed by atoms with Crippen molar-refractivity contribution >= 4 is 22.6 Å². The van der Waals surface area contributed by atoms with Crippen molar-refractivity contribution in [1.82, 2.24) is 0 Å². The van der Waals surface area contributed by atoms with Gasteiger partial charge in [-0.05, 0) is 54.1 Å². The molecule has 0 saturated carbocycles. The van der Waals surface area contributed by atoms with E-state index in [1.165, 1.54) is 31.4 Å². The van der Waals surface area contributed by atoms with Gasteiger partial charge in [-0.3, -0.25) is 4.79 Å². The Labute approximate surface area is 197 Å². The van der Waals surface area contributed by atoms with Gasteiger partial charge in [-0.15, -0.1) is 0 Å². The average Bonchev–Trinajstić information content (AvgIpc) is 3.50. The lowest BCUT2D eigenvalue weighted by molar-refractivity contribution is -0.122. The number of para-hydroxylation sites is 1. The fourth-order valence-corrected chi connectivity index (χ4v) is 4.50. The predicted molar refractivity (Wildman–Crippen MR) is 123 cm³/mol. The van der Waals surface area contributed by atoms with Crippen LogP contribution in [0.4, 0.5) is 10.1 Å². The van der Waals surface area contributed by atoms with Gasteiger partial charge in [0.1, 0.15) is 17.1 Å². The summed E-state index contributed by atoms with van der Waals surface area (Å²) in [5, 5.41) is 3.31. The second-order valence-corrected chi connectivity index (χ2v) is 8.10. The van der Waals surface area contributed by atoms with Crippen molar-refractivity contribution < 1.29 is 32.5 Å². The minimum atomic E-state index is -1.13. The number of nitrogens with one attached hydrogen (secondary N) is 1. The van der Waals surface area contributed by atoms with Gasteiger partial charge in [0, 0.05) is 5.69 Å². The summed E-state index contributed by atoms with van der Waals surface area (Å²) in [6.45, 7) is 0.0220. The number of rotatable bonds is 4. The number of methoxy groups -OCH3 is 1. The number of fused-ring (bicyclic) bond motifs is 4. The zero-order valence-corrected chi connectivity index (χ0v) is 18.4. The molecule has 0 saturated heterocycles. The molecule has 0 radical (unpaired) electrons. The Balaban J connectivity index is 1.51. The van der Waals surface area contributed by atoms with Gasteiger partial charge in [-0.2, -0.15) is 0 Å². The van der Waals surface area contributed by atoms with Crippen molar-refractivity contribution in [2.45, 2.75) is 12.0 Å². The Hall–Kier alpha value is -4.53. The molecule has 2 unspecified atom stereocenters. The molecule has 0 aliphatic carbocycles. The minimum Gasteiger partial charge on any atom is -0.493 e. The van der Waals surface area contributed by atoms with Crippen molar-refractivity contribution in [2.24, 2.45) is 0 Å². The number of ether oxygens (including phenoxy) is 4. The van der Waals surface area contributed by atoms with Crippen LogP contribution in [0.5, 0.6) is 23.0 Å². The van der Waals surface area contributed by atoms with Gasteiger partial charge in [-0.1, -0.05) is 12.1 Å². The van der Waals surface area contributed by atoms with E-state index in [-0.39, 0.29) is 18.1 Å². The zero-order chi connectivity index (χ0) is 24.1. The molecule has 176 valence electrons. The molecule has 35 heavy (non-hydrogen) atoms. The van der Waals surface area contributed by atoms with E-state index in [1.54, 1.807) is 36.4 Å². The summed E-state index contributed by atoms with van der Waals surface area (Å²) < 4.78 is 41.6. The van der Waals surface area contributed by atoms with Crippen molar-refractivity contribution in [1.29, 1.82) is 0 Å². The molecule has 1 N–H and O–H groups in total. The smallest absolute Gasteiger partial charge is 0.344 e. The van der Waals surface area contributed by atoms with Crippen LogP contribution < -0.4 is 29.9 Å². The van der Waals surface area contributed by atoms with Gasteiger partial charge in [0.05, 0.1) is 24.0 Å². The monoisotopic (exact) mass is 475 g/mol. The number of benzene rings is 3. The number of hydrogen-bond acceptors (Lipinski definition) is 7. The fourth-order valence-electron chi connectivity index (χ4n) is 4.50. The number of carbonyl (C=O) groups is 1. The molecule has 0 bridgehead atoms. The Bertz CT molecular complexity index is 1530. The van der Waals surface area contributed by atoms with E-state index in [9.17, 15) is 14.0 Å².